The predicted molar refractivity (Wildman–Crippen MR) is 63.0 cm³/mol. The lowest BCUT2D eigenvalue weighted by Crippen LogP contribution is -2.45. The van der Waals surface area contributed by atoms with Crippen LogP contribution in [0.3, 0.4) is 0 Å². The van der Waals surface area contributed by atoms with Crippen LogP contribution in [0.15, 0.2) is 0 Å². The summed E-state index contributed by atoms with van der Waals surface area (Å²) in [5.41, 5.74) is 0.00739. The molecule has 2 nitrogen and oxygen atoms in total. The Morgan fingerprint density at radius 1 is 1.24 bits per heavy atom. The fourth-order valence-corrected chi connectivity index (χ4v) is 1.72. The number of rotatable bonds is 7. The molecule has 1 fully saturated rings. The molecular weight excluding hydrogens is 229 g/mol. The van der Waals surface area contributed by atoms with E-state index in [0.717, 1.165) is 19.3 Å². The minimum Gasteiger partial charge on any atom is -0.311 e. The van der Waals surface area contributed by atoms with Crippen LogP contribution in [-0.4, -0.2) is 42.3 Å². The van der Waals surface area contributed by atoms with Crippen LogP contribution in [0, 0.1) is 0 Å². The first kappa shape index (κ1) is 14.8. The van der Waals surface area contributed by atoms with Crippen molar-refractivity contribution in [1.29, 1.82) is 0 Å². The van der Waals surface area contributed by atoms with Crippen molar-refractivity contribution in [1.82, 2.24) is 10.2 Å². The third-order valence-corrected chi connectivity index (χ3v) is 3.33. The Morgan fingerprint density at radius 2 is 1.82 bits per heavy atom. The Morgan fingerprint density at radius 3 is 2.24 bits per heavy atom. The molecule has 0 aromatic carbocycles. The third-order valence-electron chi connectivity index (χ3n) is 3.33. The maximum Gasteiger partial charge on any atom is 0.401 e. The van der Waals surface area contributed by atoms with Gasteiger partial charge in [-0.25, -0.2) is 0 Å². The van der Waals surface area contributed by atoms with Crippen molar-refractivity contribution in [3.05, 3.63) is 0 Å². The molecule has 0 saturated heterocycles. The summed E-state index contributed by atoms with van der Waals surface area (Å²) in [5, 5.41) is 3.30. The first-order valence-electron chi connectivity index (χ1n) is 6.29. The van der Waals surface area contributed by atoms with Gasteiger partial charge in [-0.1, -0.05) is 6.92 Å². The van der Waals surface area contributed by atoms with E-state index in [2.05, 4.69) is 26.1 Å². The molecule has 1 N–H and O–H groups in total. The zero-order valence-corrected chi connectivity index (χ0v) is 10.9. The molecule has 0 bridgehead atoms. The largest absolute Gasteiger partial charge is 0.401 e. The molecule has 1 saturated carbocycles. The summed E-state index contributed by atoms with van der Waals surface area (Å²) in [4.78, 5) is 1.55. The molecule has 102 valence electrons. The van der Waals surface area contributed by atoms with Crippen LogP contribution in [0.4, 0.5) is 13.2 Å². The molecule has 0 aromatic heterocycles. The number of alkyl halides is 3. The summed E-state index contributed by atoms with van der Waals surface area (Å²) in [6.45, 7) is 6.53. The monoisotopic (exact) mass is 252 g/mol. The molecule has 17 heavy (non-hydrogen) atoms. The Kier molecular flexibility index (Phi) is 4.84. The number of hydrogen-bond donors (Lipinski definition) is 1. The highest BCUT2D eigenvalue weighted by Crippen LogP contribution is 2.29. The van der Waals surface area contributed by atoms with Gasteiger partial charge in [-0.15, -0.1) is 0 Å². The summed E-state index contributed by atoms with van der Waals surface area (Å²) < 4.78 is 37.1. The predicted octanol–water partition coefficient (Wildman–Crippen LogP) is 2.79. The van der Waals surface area contributed by atoms with Crippen LogP contribution in [0.1, 0.15) is 40.0 Å². The molecule has 0 spiro atoms. The van der Waals surface area contributed by atoms with E-state index in [-0.39, 0.29) is 11.6 Å². The van der Waals surface area contributed by atoms with E-state index in [1.807, 2.05) is 0 Å². The maximum absolute atomic E-state index is 12.4. The lowest BCUT2D eigenvalue weighted by molar-refractivity contribution is -0.147. The molecule has 0 radical (unpaired) electrons. The Hall–Kier alpha value is -0.290. The van der Waals surface area contributed by atoms with Crippen LogP contribution < -0.4 is 5.32 Å². The van der Waals surface area contributed by atoms with Crippen LogP contribution in [0.2, 0.25) is 0 Å². The lowest BCUT2D eigenvalue weighted by Gasteiger charge is -2.28. The number of nitrogens with one attached hydrogen (secondary N) is 1. The quantitative estimate of drug-likeness (QED) is 0.749. The minimum atomic E-state index is -4.08. The molecule has 0 atom stereocenters. The Bertz CT molecular complexity index is 234. The highest BCUT2D eigenvalue weighted by atomic mass is 19.4. The van der Waals surface area contributed by atoms with Gasteiger partial charge in [0.05, 0.1) is 6.54 Å². The van der Waals surface area contributed by atoms with Gasteiger partial charge in [0.25, 0.3) is 0 Å². The van der Waals surface area contributed by atoms with E-state index in [0.29, 0.717) is 13.1 Å². The topological polar surface area (TPSA) is 15.3 Å². The summed E-state index contributed by atoms with van der Waals surface area (Å²) in [5.74, 6) is 0. The lowest BCUT2D eigenvalue weighted by atomic mass is 10.0. The van der Waals surface area contributed by atoms with E-state index >= 15 is 0 Å². The number of nitrogens with zero attached hydrogens (tertiary/aromatic N) is 1. The number of hydrogen-bond acceptors (Lipinski definition) is 2. The molecule has 0 amide bonds. The molecule has 1 aliphatic carbocycles. The summed E-state index contributed by atoms with van der Waals surface area (Å²) in [7, 11) is 0. The van der Waals surface area contributed by atoms with Gasteiger partial charge in [-0.2, -0.15) is 13.2 Å². The zero-order chi connectivity index (χ0) is 13.1. The van der Waals surface area contributed by atoms with Crippen LogP contribution in [-0.2, 0) is 0 Å². The molecular formula is C12H23F3N2. The van der Waals surface area contributed by atoms with Crippen molar-refractivity contribution in [3.8, 4) is 0 Å². The van der Waals surface area contributed by atoms with Crippen LogP contribution in [0.5, 0.6) is 0 Å². The summed E-state index contributed by atoms with van der Waals surface area (Å²) >= 11 is 0. The zero-order valence-electron chi connectivity index (χ0n) is 10.9. The van der Waals surface area contributed by atoms with E-state index in [9.17, 15) is 13.2 Å². The average Bonchev–Trinajstić information content (AvgIpc) is 2.97. The normalized spacial score (nSPS) is 17.8. The first-order chi connectivity index (χ1) is 7.73. The molecule has 0 heterocycles. The van der Waals surface area contributed by atoms with Crippen molar-refractivity contribution in [2.45, 2.75) is 57.8 Å². The van der Waals surface area contributed by atoms with Gasteiger partial charge in [-0.05, 0) is 33.1 Å². The fourth-order valence-electron chi connectivity index (χ4n) is 1.72. The van der Waals surface area contributed by atoms with Gasteiger partial charge in [0.2, 0.25) is 0 Å². The van der Waals surface area contributed by atoms with Crippen molar-refractivity contribution in [2.75, 3.05) is 19.6 Å². The van der Waals surface area contributed by atoms with Gasteiger partial charge in [0.15, 0.2) is 0 Å². The summed E-state index contributed by atoms with van der Waals surface area (Å²) in [6.07, 6.45) is -1.29. The van der Waals surface area contributed by atoms with Gasteiger partial charge >= 0.3 is 6.18 Å². The molecule has 5 heteroatoms. The van der Waals surface area contributed by atoms with Gasteiger partial charge in [-0.3, -0.25) is 4.90 Å². The van der Waals surface area contributed by atoms with Gasteiger partial charge in [0.1, 0.15) is 0 Å². The maximum atomic E-state index is 12.4. The standard InChI is InChI=1S/C12H23F3N2/c1-4-11(2,3)16-7-8-17(10-5-6-10)9-12(13,14)15/h10,16H,4-9H2,1-3H3. The van der Waals surface area contributed by atoms with E-state index in [1.165, 1.54) is 0 Å². The van der Waals surface area contributed by atoms with E-state index in [4.69, 9.17) is 0 Å². The molecule has 0 unspecified atom stereocenters. The molecule has 1 aliphatic rings. The SMILES string of the molecule is CCC(C)(C)NCCN(CC(F)(F)F)C1CC1. The number of halogens is 3. The van der Waals surface area contributed by atoms with E-state index < -0.39 is 12.7 Å². The van der Waals surface area contributed by atoms with E-state index in [1.54, 1.807) is 4.90 Å². The third kappa shape index (κ3) is 6.27. The molecule has 0 aromatic rings. The van der Waals surface area contributed by atoms with Crippen LogP contribution >= 0.6 is 0 Å². The highest BCUT2D eigenvalue weighted by Gasteiger charge is 2.37. The first-order valence-corrected chi connectivity index (χ1v) is 6.29. The average molecular weight is 252 g/mol. The fraction of sp³-hybridized carbons (Fsp3) is 1.00. The van der Waals surface area contributed by atoms with Gasteiger partial charge in [0, 0.05) is 24.7 Å². The molecule has 1 rings (SSSR count). The Balaban J connectivity index is 2.30. The van der Waals surface area contributed by atoms with Crippen molar-refractivity contribution >= 4 is 0 Å². The second kappa shape index (κ2) is 5.57. The van der Waals surface area contributed by atoms with Crippen molar-refractivity contribution in [2.24, 2.45) is 0 Å². The Labute approximate surface area is 102 Å². The highest BCUT2D eigenvalue weighted by molar-refractivity contribution is 4.86. The minimum absolute atomic E-state index is 0.00739. The summed E-state index contributed by atoms with van der Waals surface area (Å²) in [6, 6.07) is 0.156. The van der Waals surface area contributed by atoms with Gasteiger partial charge < -0.3 is 5.32 Å². The second-order valence-corrected chi connectivity index (χ2v) is 5.48. The van der Waals surface area contributed by atoms with Crippen molar-refractivity contribution in [3.63, 3.8) is 0 Å². The van der Waals surface area contributed by atoms with Crippen LogP contribution in [0.25, 0.3) is 0 Å². The van der Waals surface area contributed by atoms with Crippen molar-refractivity contribution < 1.29 is 13.2 Å². The smallest absolute Gasteiger partial charge is 0.311 e. The second-order valence-electron chi connectivity index (χ2n) is 5.48. The molecule has 0 aliphatic heterocycles.